The van der Waals surface area contributed by atoms with Crippen molar-refractivity contribution in [3.05, 3.63) is 62.4 Å². The Kier molecular flexibility index (Phi) is 4.61. The van der Waals surface area contributed by atoms with E-state index >= 15 is 0 Å². The van der Waals surface area contributed by atoms with Gasteiger partial charge in [-0.2, -0.15) is 4.98 Å². The first-order valence-electron chi connectivity index (χ1n) is 8.49. The van der Waals surface area contributed by atoms with Crippen molar-refractivity contribution >= 4 is 15.9 Å². The molecule has 1 aromatic heterocycles. The summed E-state index contributed by atoms with van der Waals surface area (Å²) in [5.41, 5.74) is 1.93. The highest BCUT2D eigenvalue weighted by molar-refractivity contribution is 9.10. The van der Waals surface area contributed by atoms with Gasteiger partial charge in [0.1, 0.15) is 11.6 Å². The molecule has 3 aromatic rings. The van der Waals surface area contributed by atoms with Gasteiger partial charge in [0, 0.05) is 22.0 Å². The van der Waals surface area contributed by atoms with E-state index in [2.05, 4.69) is 25.9 Å². The Labute approximate surface area is 164 Å². The van der Waals surface area contributed by atoms with Crippen molar-refractivity contribution in [2.45, 2.75) is 13.3 Å². The number of aromatic nitrogens is 2. The van der Waals surface area contributed by atoms with Crippen LogP contribution in [-0.2, 0) is 6.42 Å². The lowest BCUT2D eigenvalue weighted by molar-refractivity contribution is 0.340. The van der Waals surface area contributed by atoms with E-state index in [1.807, 2.05) is 43.3 Å². The third kappa shape index (κ3) is 3.30. The summed E-state index contributed by atoms with van der Waals surface area (Å²) >= 11 is 3.45. The Balaban J connectivity index is 1.75. The Morgan fingerprint density at radius 1 is 1.26 bits per heavy atom. The molecule has 0 aliphatic carbocycles. The molecule has 0 radical (unpaired) electrons. The molecule has 138 valence electrons. The number of hydrogen-bond acceptors (Lipinski definition) is 5. The number of ether oxygens (including phenoxy) is 3. The van der Waals surface area contributed by atoms with Crippen molar-refractivity contribution < 1.29 is 14.2 Å². The lowest BCUT2D eigenvalue weighted by atomic mass is 10.0. The number of halogens is 1. The van der Waals surface area contributed by atoms with Crippen molar-refractivity contribution in [1.29, 1.82) is 0 Å². The number of aromatic amines is 1. The van der Waals surface area contributed by atoms with Crippen LogP contribution < -0.4 is 19.8 Å². The summed E-state index contributed by atoms with van der Waals surface area (Å²) < 4.78 is 17.7. The van der Waals surface area contributed by atoms with E-state index in [9.17, 15) is 4.79 Å². The summed E-state index contributed by atoms with van der Waals surface area (Å²) in [6.45, 7) is 2.52. The Morgan fingerprint density at radius 3 is 2.74 bits per heavy atom. The zero-order chi connectivity index (χ0) is 19.0. The van der Waals surface area contributed by atoms with Gasteiger partial charge in [0.15, 0.2) is 11.5 Å². The van der Waals surface area contributed by atoms with E-state index in [1.165, 1.54) is 0 Å². The molecule has 27 heavy (non-hydrogen) atoms. The average Bonchev–Trinajstić information content (AvgIpc) is 2.67. The fourth-order valence-electron chi connectivity index (χ4n) is 3.04. The largest absolute Gasteiger partial charge is 0.494 e. The van der Waals surface area contributed by atoms with Gasteiger partial charge in [-0.25, -0.2) is 0 Å². The minimum absolute atomic E-state index is 0.214. The molecule has 1 aliphatic heterocycles. The molecule has 6 nitrogen and oxygen atoms in total. The minimum atomic E-state index is -0.214. The maximum atomic E-state index is 12.6. The number of methoxy groups -OCH3 is 1. The van der Waals surface area contributed by atoms with Gasteiger partial charge < -0.3 is 19.2 Å². The standard InChI is InChI=1S/C20H17BrN2O4/c1-3-26-14-6-4-11(5-7-14)18-22-19(24)15-9-12-8-13(21)10-16(25-2)17(12)27-20(15)23-18/h4-8,10H,3,9H2,1-2H3,(H,22,23,24). The van der Waals surface area contributed by atoms with Crippen LogP contribution in [0.25, 0.3) is 11.4 Å². The van der Waals surface area contributed by atoms with E-state index in [-0.39, 0.29) is 5.56 Å². The third-order valence-electron chi connectivity index (χ3n) is 4.30. The maximum absolute atomic E-state index is 12.6. The molecular weight excluding hydrogens is 412 g/mol. The van der Waals surface area contributed by atoms with Crippen LogP contribution in [0.3, 0.4) is 0 Å². The maximum Gasteiger partial charge on any atom is 0.258 e. The lowest BCUT2D eigenvalue weighted by Crippen LogP contribution is -2.20. The number of hydrogen-bond donors (Lipinski definition) is 1. The fourth-order valence-corrected chi connectivity index (χ4v) is 3.52. The zero-order valence-electron chi connectivity index (χ0n) is 14.8. The molecule has 2 heterocycles. The summed E-state index contributed by atoms with van der Waals surface area (Å²) in [5, 5.41) is 0. The predicted octanol–water partition coefficient (Wildman–Crippen LogP) is 4.30. The molecule has 0 unspecified atom stereocenters. The first-order valence-corrected chi connectivity index (χ1v) is 9.29. The second-order valence-electron chi connectivity index (χ2n) is 6.03. The molecule has 0 saturated carbocycles. The molecular formula is C20H17BrN2O4. The second kappa shape index (κ2) is 7.08. The molecule has 0 spiro atoms. The van der Waals surface area contributed by atoms with E-state index in [0.717, 1.165) is 21.3 Å². The first-order chi connectivity index (χ1) is 13.1. The van der Waals surface area contributed by atoms with Gasteiger partial charge in [0.25, 0.3) is 5.56 Å². The molecule has 0 atom stereocenters. The Hall–Kier alpha value is -2.80. The van der Waals surface area contributed by atoms with Crippen LogP contribution in [0.15, 0.2) is 45.7 Å². The number of fused-ring (bicyclic) bond motifs is 2. The minimum Gasteiger partial charge on any atom is -0.494 e. The molecule has 0 saturated heterocycles. The number of benzene rings is 2. The molecule has 7 heteroatoms. The van der Waals surface area contributed by atoms with Crippen LogP contribution in [-0.4, -0.2) is 23.7 Å². The van der Waals surface area contributed by atoms with Gasteiger partial charge in [-0.3, -0.25) is 4.79 Å². The van der Waals surface area contributed by atoms with E-state index < -0.39 is 0 Å². The van der Waals surface area contributed by atoms with Crippen LogP contribution in [0, 0.1) is 0 Å². The predicted molar refractivity (Wildman–Crippen MR) is 105 cm³/mol. The van der Waals surface area contributed by atoms with Crippen molar-refractivity contribution in [2.75, 3.05) is 13.7 Å². The fraction of sp³-hybridized carbons (Fsp3) is 0.200. The number of nitrogens with zero attached hydrogens (tertiary/aromatic N) is 1. The lowest BCUT2D eigenvalue weighted by Gasteiger charge is -2.21. The summed E-state index contributed by atoms with van der Waals surface area (Å²) in [4.78, 5) is 20.0. The van der Waals surface area contributed by atoms with E-state index in [0.29, 0.717) is 41.8 Å². The Bertz CT molecular complexity index is 1060. The summed E-state index contributed by atoms with van der Waals surface area (Å²) in [5.74, 6) is 2.69. The molecule has 4 rings (SSSR count). The molecule has 0 amide bonds. The average molecular weight is 429 g/mol. The van der Waals surface area contributed by atoms with Crippen LogP contribution in [0.1, 0.15) is 18.1 Å². The number of H-pyrrole nitrogens is 1. The molecule has 2 aromatic carbocycles. The van der Waals surface area contributed by atoms with E-state index in [1.54, 1.807) is 7.11 Å². The van der Waals surface area contributed by atoms with Crippen LogP contribution in [0.2, 0.25) is 0 Å². The zero-order valence-corrected chi connectivity index (χ0v) is 16.4. The van der Waals surface area contributed by atoms with Gasteiger partial charge in [0.05, 0.1) is 19.3 Å². The highest BCUT2D eigenvalue weighted by atomic mass is 79.9. The number of nitrogens with one attached hydrogen (secondary N) is 1. The molecule has 1 aliphatic rings. The quantitative estimate of drug-likeness (QED) is 0.524. The summed E-state index contributed by atoms with van der Waals surface area (Å²) in [6.07, 6.45) is 0.423. The van der Waals surface area contributed by atoms with Crippen molar-refractivity contribution in [3.8, 4) is 34.5 Å². The monoisotopic (exact) mass is 428 g/mol. The van der Waals surface area contributed by atoms with Crippen molar-refractivity contribution in [2.24, 2.45) is 0 Å². The van der Waals surface area contributed by atoms with Gasteiger partial charge in [-0.15, -0.1) is 0 Å². The van der Waals surface area contributed by atoms with Gasteiger partial charge >= 0.3 is 0 Å². The van der Waals surface area contributed by atoms with Crippen molar-refractivity contribution in [1.82, 2.24) is 9.97 Å². The number of rotatable bonds is 4. The second-order valence-corrected chi connectivity index (χ2v) is 6.95. The van der Waals surface area contributed by atoms with Crippen LogP contribution in [0.4, 0.5) is 0 Å². The topological polar surface area (TPSA) is 73.4 Å². The van der Waals surface area contributed by atoms with Gasteiger partial charge in [-0.05, 0) is 43.3 Å². The Morgan fingerprint density at radius 2 is 2.04 bits per heavy atom. The van der Waals surface area contributed by atoms with Gasteiger partial charge in [-0.1, -0.05) is 15.9 Å². The normalized spacial score (nSPS) is 12.0. The third-order valence-corrected chi connectivity index (χ3v) is 4.76. The van der Waals surface area contributed by atoms with Crippen LogP contribution in [0.5, 0.6) is 23.1 Å². The SMILES string of the molecule is CCOc1ccc(-c2nc3c(c(=O)[nH]2)Cc2cc(Br)cc(OC)c2O3)cc1. The van der Waals surface area contributed by atoms with Gasteiger partial charge in [0.2, 0.25) is 5.88 Å². The highest BCUT2D eigenvalue weighted by Gasteiger charge is 2.25. The smallest absolute Gasteiger partial charge is 0.258 e. The molecule has 1 N–H and O–H groups in total. The molecule has 0 bridgehead atoms. The first kappa shape index (κ1) is 17.6. The molecule has 0 fully saturated rings. The van der Waals surface area contributed by atoms with E-state index in [4.69, 9.17) is 14.2 Å². The highest BCUT2D eigenvalue weighted by Crippen LogP contribution is 2.42. The summed E-state index contributed by atoms with van der Waals surface area (Å²) in [7, 11) is 1.58. The summed E-state index contributed by atoms with van der Waals surface area (Å²) in [6, 6.07) is 11.1. The van der Waals surface area contributed by atoms with Crippen LogP contribution >= 0.6 is 15.9 Å². The van der Waals surface area contributed by atoms with Crippen molar-refractivity contribution in [3.63, 3.8) is 0 Å².